The molecule has 0 aliphatic heterocycles. The Labute approximate surface area is 156 Å². The first-order chi connectivity index (χ1) is 11.8. The third-order valence-corrected chi connectivity index (χ3v) is 6.38. The van der Waals surface area contributed by atoms with Crippen LogP contribution in [0.3, 0.4) is 0 Å². The quantitative estimate of drug-likeness (QED) is 0.744. The molecule has 1 aliphatic carbocycles. The van der Waals surface area contributed by atoms with Gasteiger partial charge >= 0.3 is 0 Å². The van der Waals surface area contributed by atoms with Crippen LogP contribution in [0.4, 0.5) is 0 Å². The van der Waals surface area contributed by atoms with Crippen LogP contribution in [-0.4, -0.2) is 23.5 Å². The first-order valence-electron chi connectivity index (χ1n) is 9.29. The average Bonchev–Trinajstić information content (AvgIpc) is 2.52. The molecule has 0 saturated heterocycles. The molecule has 0 bridgehead atoms. The fraction of sp³-hybridized carbons (Fsp3) is 0.619. The molecule has 0 radical (unpaired) electrons. The number of hydrogen-bond donors (Lipinski definition) is 1. The molecule has 0 heterocycles. The minimum atomic E-state index is 0.116. The molecule has 3 nitrogen and oxygen atoms in total. The lowest BCUT2D eigenvalue weighted by atomic mass is 9.86. The van der Waals surface area contributed by atoms with Crippen LogP contribution in [-0.2, 0) is 10.5 Å². The second-order valence-electron chi connectivity index (χ2n) is 7.47. The number of rotatable bonds is 6. The zero-order chi connectivity index (χ0) is 18.6. The standard InChI is InChI=1S/C21H31NO2S/c1-13-8-6-7-9-19(13)22-20(24)12-25-11-18-14(2)10-15(3)21(16(18)4)17(5)23/h10,13,19H,6-9,11-12H2,1-5H3,(H,22,24). The zero-order valence-corrected chi connectivity index (χ0v) is 17.0. The smallest absolute Gasteiger partial charge is 0.230 e. The Morgan fingerprint density at radius 1 is 1.16 bits per heavy atom. The molecule has 0 aromatic heterocycles. The molecule has 2 rings (SSSR count). The fourth-order valence-corrected chi connectivity index (χ4v) is 5.03. The molecule has 1 N–H and O–H groups in total. The largest absolute Gasteiger partial charge is 0.352 e. The minimum Gasteiger partial charge on any atom is -0.352 e. The normalized spacial score (nSPS) is 20.4. The Kier molecular flexibility index (Phi) is 7.12. The first kappa shape index (κ1) is 20.0. The van der Waals surface area contributed by atoms with Crippen LogP contribution in [0.15, 0.2) is 6.07 Å². The number of ketones is 1. The van der Waals surface area contributed by atoms with Crippen LogP contribution in [0, 0.1) is 26.7 Å². The Bertz CT molecular complexity index is 654. The molecule has 1 fully saturated rings. The fourth-order valence-electron chi connectivity index (χ4n) is 4.02. The molecule has 2 atom stereocenters. The number of benzene rings is 1. The number of carbonyl (C=O) groups is 2. The number of aryl methyl sites for hydroxylation is 2. The van der Waals surface area contributed by atoms with Crippen molar-refractivity contribution in [3.63, 3.8) is 0 Å². The summed E-state index contributed by atoms with van der Waals surface area (Å²) in [5, 5.41) is 3.21. The van der Waals surface area contributed by atoms with Crippen molar-refractivity contribution in [2.75, 3.05) is 5.75 Å². The number of carbonyl (C=O) groups excluding carboxylic acids is 2. The molecule has 25 heavy (non-hydrogen) atoms. The maximum atomic E-state index is 12.3. The van der Waals surface area contributed by atoms with Gasteiger partial charge in [0.2, 0.25) is 5.91 Å². The predicted molar refractivity (Wildman–Crippen MR) is 106 cm³/mol. The minimum absolute atomic E-state index is 0.116. The summed E-state index contributed by atoms with van der Waals surface area (Å²) in [5.74, 6) is 2.09. The number of thioether (sulfide) groups is 1. The Morgan fingerprint density at radius 3 is 2.48 bits per heavy atom. The summed E-state index contributed by atoms with van der Waals surface area (Å²) in [7, 11) is 0. The highest BCUT2D eigenvalue weighted by atomic mass is 32.2. The van der Waals surface area contributed by atoms with E-state index in [2.05, 4.69) is 25.2 Å². The van der Waals surface area contributed by atoms with Crippen molar-refractivity contribution in [1.29, 1.82) is 0 Å². The van der Waals surface area contributed by atoms with E-state index < -0.39 is 0 Å². The molecule has 1 amide bonds. The molecule has 0 spiro atoms. The summed E-state index contributed by atoms with van der Waals surface area (Å²) in [4.78, 5) is 24.2. The van der Waals surface area contributed by atoms with Crippen LogP contribution in [0.2, 0.25) is 0 Å². The van der Waals surface area contributed by atoms with Gasteiger partial charge in [-0.15, -0.1) is 11.8 Å². The third kappa shape index (κ3) is 5.10. The Morgan fingerprint density at radius 2 is 1.84 bits per heavy atom. The molecule has 1 aromatic carbocycles. The van der Waals surface area contributed by atoms with Gasteiger partial charge in [-0.25, -0.2) is 0 Å². The lowest BCUT2D eigenvalue weighted by Gasteiger charge is -2.29. The van der Waals surface area contributed by atoms with Gasteiger partial charge in [0.1, 0.15) is 0 Å². The summed E-state index contributed by atoms with van der Waals surface area (Å²) in [6.45, 7) is 9.96. The summed E-state index contributed by atoms with van der Waals surface area (Å²) in [5.41, 5.74) is 5.34. The van der Waals surface area contributed by atoms with Crippen molar-refractivity contribution >= 4 is 23.5 Å². The van der Waals surface area contributed by atoms with E-state index in [0.29, 0.717) is 17.7 Å². The number of nitrogens with one attached hydrogen (secondary N) is 1. The first-order valence-corrected chi connectivity index (χ1v) is 10.4. The van der Waals surface area contributed by atoms with Gasteiger partial charge < -0.3 is 5.32 Å². The van der Waals surface area contributed by atoms with Gasteiger partial charge in [-0.05, 0) is 68.7 Å². The monoisotopic (exact) mass is 361 g/mol. The van der Waals surface area contributed by atoms with E-state index in [1.165, 1.54) is 30.4 Å². The van der Waals surface area contributed by atoms with E-state index in [0.717, 1.165) is 28.9 Å². The van der Waals surface area contributed by atoms with Gasteiger partial charge in [-0.2, -0.15) is 0 Å². The van der Waals surface area contributed by atoms with Gasteiger partial charge in [-0.1, -0.05) is 25.8 Å². The highest BCUT2D eigenvalue weighted by Crippen LogP contribution is 2.27. The van der Waals surface area contributed by atoms with Gasteiger partial charge in [0.25, 0.3) is 0 Å². The van der Waals surface area contributed by atoms with Gasteiger partial charge in [0.15, 0.2) is 5.78 Å². The van der Waals surface area contributed by atoms with E-state index >= 15 is 0 Å². The lowest BCUT2D eigenvalue weighted by molar-refractivity contribution is -0.119. The maximum Gasteiger partial charge on any atom is 0.230 e. The van der Waals surface area contributed by atoms with E-state index in [9.17, 15) is 9.59 Å². The predicted octanol–water partition coefficient (Wildman–Crippen LogP) is 4.74. The molecule has 1 aromatic rings. The summed E-state index contributed by atoms with van der Waals surface area (Å²) >= 11 is 1.64. The summed E-state index contributed by atoms with van der Waals surface area (Å²) in [6.07, 6.45) is 4.83. The second-order valence-corrected chi connectivity index (χ2v) is 8.46. The molecule has 138 valence electrons. The number of hydrogen-bond acceptors (Lipinski definition) is 3. The van der Waals surface area contributed by atoms with Crippen LogP contribution in [0.1, 0.15) is 72.1 Å². The van der Waals surface area contributed by atoms with Crippen LogP contribution in [0.5, 0.6) is 0 Å². The van der Waals surface area contributed by atoms with E-state index in [1.807, 2.05) is 13.8 Å². The van der Waals surface area contributed by atoms with Gasteiger partial charge in [0, 0.05) is 17.4 Å². The van der Waals surface area contributed by atoms with Crippen LogP contribution >= 0.6 is 11.8 Å². The zero-order valence-electron chi connectivity index (χ0n) is 16.2. The van der Waals surface area contributed by atoms with Crippen molar-refractivity contribution in [2.24, 2.45) is 5.92 Å². The van der Waals surface area contributed by atoms with E-state index in [-0.39, 0.29) is 11.7 Å². The lowest BCUT2D eigenvalue weighted by Crippen LogP contribution is -2.41. The SMILES string of the molecule is CC(=O)c1c(C)cc(C)c(CSCC(=O)NC2CCCCC2C)c1C. The van der Waals surface area contributed by atoms with Gasteiger partial charge in [-0.3, -0.25) is 9.59 Å². The van der Waals surface area contributed by atoms with Crippen molar-refractivity contribution in [2.45, 2.75) is 72.1 Å². The molecular weight excluding hydrogens is 330 g/mol. The maximum absolute atomic E-state index is 12.3. The highest BCUT2D eigenvalue weighted by molar-refractivity contribution is 7.99. The molecule has 4 heteroatoms. The molecule has 1 saturated carbocycles. The average molecular weight is 362 g/mol. The topological polar surface area (TPSA) is 46.2 Å². The third-order valence-electron chi connectivity index (χ3n) is 5.42. The van der Waals surface area contributed by atoms with Crippen molar-refractivity contribution in [1.82, 2.24) is 5.32 Å². The van der Waals surface area contributed by atoms with Gasteiger partial charge in [0.05, 0.1) is 5.75 Å². The molecule has 1 aliphatic rings. The van der Waals surface area contributed by atoms with Crippen molar-refractivity contribution in [3.05, 3.63) is 33.9 Å². The summed E-state index contributed by atoms with van der Waals surface area (Å²) < 4.78 is 0. The van der Waals surface area contributed by atoms with Crippen LogP contribution < -0.4 is 5.32 Å². The second kappa shape index (κ2) is 8.88. The van der Waals surface area contributed by atoms with Crippen LogP contribution in [0.25, 0.3) is 0 Å². The molecular formula is C21H31NO2S. The van der Waals surface area contributed by atoms with Crippen molar-refractivity contribution in [3.8, 4) is 0 Å². The summed E-state index contributed by atoms with van der Waals surface area (Å²) in [6, 6.07) is 2.43. The number of Topliss-reactive ketones (excluding diaryl/α,β-unsaturated/α-hetero) is 1. The van der Waals surface area contributed by atoms with Crippen molar-refractivity contribution < 1.29 is 9.59 Å². The van der Waals surface area contributed by atoms with E-state index in [1.54, 1.807) is 18.7 Å². The Hall–Kier alpha value is -1.29. The highest BCUT2D eigenvalue weighted by Gasteiger charge is 2.22. The van der Waals surface area contributed by atoms with E-state index in [4.69, 9.17) is 0 Å². The molecule has 2 unspecified atom stereocenters. The number of amides is 1. The Balaban J connectivity index is 1.94.